The van der Waals surface area contributed by atoms with Gasteiger partial charge in [0.15, 0.2) is 0 Å². The van der Waals surface area contributed by atoms with E-state index in [1.54, 1.807) is 13.0 Å². The third-order valence-electron chi connectivity index (χ3n) is 5.56. The fourth-order valence-electron chi connectivity index (χ4n) is 3.69. The van der Waals surface area contributed by atoms with Gasteiger partial charge in [-0.2, -0.15) is 4.31 Å². The predicted octanol–water partition coefficient (Wildman–Crippen LogP) is 4.47. The molecule has 1 N–H and O–H groups in total. The van der Waals surface area contributed by atoms with Crippen molar-refractivity contribution in [3.05, 3.63) is 59.2 Å². The first-order chi connectivity index (χ1) is 13.7. The molecule has 6 heteroatoms. The van der Waals surface area contributed by atoms with E-state index >= 15 is 0 Å². The average molecular weight is 415 g/mol. The fourth-order valence-corrected chi connectivity index (χ4v) is 5.53. The van der Waals surface area contributed by atoms with E-state index in [0.29, 0.717) is 30.2 Å². The van der Waals surface area contributed by atoms with Gasteiger partial charge in [-0.1, -0.05) is 38.1 Å². The molecule has 1 fully saturated rings. The fraction of sp³-hybridized carbons (Fsp3) is 0.435. The monoisotopic (exact) mass is 414 g/mol. The van der Waals surface area contributed by atoms with E-state index in [-0.39, 0.29) is 18.4 Å². The van der Waals surface area contributed by atoms with Crippen LogP contribution in [0.3, 0.4) is 0 Å². The van der Waals surface area contributed by atoms with Crippen molar-refractivity contribution < 1.29 is 13.2 Å². The third-order valence-corrected chi connectivity index (χ3v) is 7.57. The van der Waals surface area contributed by atoms with Crippen molar-refractivity contribution in [3.63, 3.8) is 0 Å². The Balaban J connectivity index is 1.72. The van der Waals surface area contributed by atoms with Crippen molar-refractivity contribution in [2.45, 2.75) is 51.3 Å². The van der Waals surface area contributed by atoms with Gasteiger partial charge >= 0.3 is 0 Å². The molecule has 0 spiro atoms. The summed E-state index contributed by atoms with van der Waals surface area (Å²) in [7, 11) is -3.62. The number of rotatable bonds is 5. The third kappa shape index (κ3) is 4.87. The Labute approximate surface area is 174 Å². The van der Waals surface area contributed by atoms with Gasteiger partial charge in [0.05, 0.1) is 10.8 Å². The second-order valence-electron chi connectivity index (χ2n) is 8.24. The lowest BCUT2D eigenvalue weighted by Gasteiger charge is -2.31. The molecule has 2 aromatic carbocycles. The van der Waals surface area contributed by atoms with Crippen LogP contribution >= 0.6 is 0 Å². The van der Waals surface area contributed by atoms with Crippen LogP contribution in [-0.2, 0) is 14.8 Å². The highest BCUT2D eigenvalue weighted by atomic mass is 32.2. The Morgan fingerprint density at radius 3 is 2.45 bits per heavy atom. The molecular formula is C23H30N2O3S. The molecule has 0 aromatic heterocycles. The Morgan fingerprint density at radius 2 is 1.79 bits per heavy atom. The molecule has 0 aliphatic carbocycles. The molecule has 0 radical (unpaired) electrons. The SMILES string of the molecule is Cc1ccc(C)c(S(=O)(=O)N2CCC[C@@H](C(=O)Nc3ccc(C(C)C)cc3)C2)c1. The maximum absolute atomic E-state index is 13.2. The molecule has 1 heterocycles. The van der Waals surface area contributed by atoms with Gasteiger partial charge in [0.2, 0.25) is 15.9 Å². The smallest absolute Gasteiger partial charge is 0.243 e. The summed E-state index contributed by atoms with van der Waals surface area (Å²) in [5.41, 5.74) is 3.60. The van der Waals surface area contributed by atoms with E-state index in [4.69, 9.17) is 0 Å². The average Bonchev–Trinajstić information content (AvgIpc) is 2.70. The minimum atomic E-state index is -3.62. The molecule has 1 aliphatic rings. The van der Waals surface area contributed by atoms with E-state index in [0.717, 1.165) is 16.8 Å². The number of hydrogen-bond donors (Lipinski definition) is 1. The highest BCUT2D eigenvalue weighted by Crippen LogP contribution is 2.27. The zero-order valence-corrected chi connectivity index (χ0v) is 18.4. The first-order valence-electron chi connectivity index (χ1n) is 10.2. The summed E-state index contributed by atoms with van der Waals surface area (Å²) in [5, 5.41) is 2.95. The van der Waals surface area contributed by atoms with Crippen LogP contribution in [0.25, 0.3) is 0 Å². The lowest BCUT2D eigenvalue weighted by Crippen LogP contribution is -2.43. The molecule has 0 bridgehead atoms. The summed E-state index contributed by atoms with van der Waals surface area (Å²) in [6, 6.07) is 13.3. The number of anilines is 1. The number of hydrogen-bond acceptors (Lipinski definition) is 3. The topological polar surface area (TPSA) is 66.5 Å². The van der Waals surface area contributed by atoms with E-state index in [1.807, 2.05) is 43.3 Å². The molecule has 2 aromatic rings. The molecule has 1 aliphatic heterocycles. The van der Waals surface area contributed by atoms with Crippen LogP contribution in [0.15, 0.2) is 47.4 Å². The Morgan fingerprint density at radius 1 is 1.10 bits per heavy atom. The number of benzene rings is 2. The van der Waals surface area contributed by atoms with Crippen LogP contribution < -0.4 is 5.32 Å². The summed E-state index contributed by atoms with van der Waals surface area (Å²) < 4.78 is 27.8. The number of amides is 1. The number of carbonyl (C=O) groups excluding carboxylic acids is 1. The van der Waals surface area contributed by atoms with Crippen molar-refractivity contribution in [1.82, 2.24) is 4.31 Å². The van der Waals surface area contributed by atoms with Gasteiger partial charge in [0, 0.05) is 18.8 Å². The molecule has 5 nitrogen and oxygen atoms in total. The molecule has 156 valence electrons. The van der Waals surface area contributed by atoms with Crippen molar-refractivity contribution in [2.75, 3.05) is 18.4 Å². The number of piperidine rings is 1. The maximum Gasteiger partial charge on any atom is 0.243 e. The van der Waals surface area contributed by atoms with Crippen LogP contribution in [0.2, 0.25) is 0 Å². The van der Waals surface area contributed by atoms with Crippen LogP contribution in [0.1, 0.15) is 49.3 Å². The zero-order chi connectivity index (χ0) is 21.2. The number of nitrogens with one attached hydrogen (secondary N) is 1. The zero-order valence-electron chi connectivity index (χ0n) is 17.6. The van der Waals surface area contributed by atoms with E-state index in [9.17, 15) is 13.2 Å². The maximum atomic E-state index is 13.2. The van der Waals surface area contributed by atoms with Crippen molar-refractivity contribution in [3.8, 4) is 0 Å². The molecular weight excluding hydrogens is 384 g/mol. The van der Waals surface area contributed by atoms with Gasteiger partial charge in [-0.05, 0) is 67.5 Å². The van der Waals surface area contributed by atoms with Crippen LogP contribution in [0, 0.1) is 19.8 Å². The highest BCUT2D eigenvalue weighted by molar-refractivity contribution is 7.89. The number of aryl methyl sites for hydroxylation is 2. The molecule has 1 atom stereocenters. The van der Waals surface area contributed by atoms with E-state index < -0.39 is 10.0 Å². The van der Waals surface area contributed by atoms with Gasteiger partial charge in [0.25, 0.3) is 0 Å². The van der Waals surface area contributed by atoms with E-state index in [2.05, 4.69) is 19.2 Å². The lowest BCUT2D eigenvalue weighted by molar-refractivity contribution is -0.120. The first kappa shape index (κ1) is 21.5. The van der Waals surface area contributed by atoms with Crippen molar-refractivity contribution in [2.24, 2.45) is 5.92 Å². The first-order valence-corrected chi connectivity index (χ1v) is 11.6. The summed E-state index contributed by atoms with van der Waals surface area (Å²) in [6.07, 6.45) is 1.36. The Kier molecular flexibility index (Phi) is 6.44. The molecule has 0 unspecified atom stereocenters. The lowest BCUT2D eigenvalue weighted by atomic mass is 9.98. The van der Waals surface area contributed by atoms with Crippen molar-refractivity contribution in [1.29, 1.82) is 0 Å². The quantitative estimate of drug-likeness (QED) is 0.785. The van der Waals surface area contributed by atoms with Crippen LogP contribution in [0.5, 0.6) is 0 Å². The van der Waals surface area contributed by atoms with Crippen molar-refractivity contribution >= 4 is 21.6 Å². The Bertz CT molecular complexity index is 982. The molecule has 1 saturated heterocycles. The van der Waals surface area contributed by atoms with Crippen LogP contribution in [-0.4, -0.2) is 31.7 Å². The molecule has 29 heavy (non-hydrogen) atoms. The minimum Gasteiger partial charge on any atom is -0.326 e. The second kappa shape index (κ2) is 8.67. The number of nitrogens with zero attached hydrogens (tertiary/aromatic N) is 1. The van der Waals surface area contributed by atoms with Gasteiger partial charge in [-0.15, -0.1) is 0 Å². The largest absolute Gasteiger partial charge is 0.326 e. The molecule has 1 amide bonds. The van der Waals surface area contributed by atoms with Gasteiger partial charge in [-0.25, -0.2) is 8.42 Å². The Hall–Kier alpha value is -2.18. The second-order valence-corrected chi connectivity index (χ2v) is 10.1. The normalized spacial score (nSPS) is 18.0. The summed E-state index contributed by atoms with van der Waals surface area (Å²) in [5.74, 6) is -0.0430. The summed E-state index contributed by atoms with van der Waals surface area (Å²) >= 11 is 0. The van der Waals surface area contributed by atoms with Gasteiger partial charge < -0.3 is 5.32 Å². The highest BCUT2D eigenvalue weighted by Gasteiger charge is 2.34. The molecule has 3 rings (SSSR count). The van der Waals surface area contributed by atoms with E-state index in [1.165, 1.54) is 9.87 Å². The standard InChI is InChI=1S/C23H30N2O3S/c1-16(2)19-9-11-21(12-10-19)24-23(26)20-6-5-13-25(15-20)29(27,28)22-14-17(3)7-8-18(22)4/h7-12,14,16,20H,5-6,13,15H2,1-4H3,(H,24,26)/t20-/m1/s1. The summed E-state index contributed by atoms with van der Waals surface area (Å²) in [6.45, 7) is 8.60. The summed E-state index contributed by atoms with van der Waals surface area (Å²) in [4.78, 5) is 13.1. The minimum absolute atomic E-state index is 0.122. The number of sulfonamides is 1. The van der Waals surface area contributed by atoms with Gasteiger partial charge in [-0.3, -0.25) is 4.79 Å². The van der Waals surface area contributed by atoms with Gasteiger partial charge in [0.1, 0.15) is 0 Å². The predicted molar refractivity (Wildman–Crippen MR) is 117 cm³/mol. The molecule has 0 saturated carbocycles. The van der Waals surface area contributed by atoms with Crippen LogP contribution in [0.4, 0.5) is 5.69 Å². The number of carbonyl (C=O) groups is 1.